The van der Waals surface area contributed by atoms with E-state index in [0.29, 0.717) is 0 Å². The largest absolute Gasteiger partial charge is 4.00 e. The Hall–Kier alpha value is -1.06. The van der Waals surface area contributed by atoms with E-state index in [9.17, 15) is 0 Å². The maximum Gasteiger partial charge on any atom is 4.00 e. The molecule has 0 spiro atoms. The number of allylic oxidation sites excluding steroid dienone is 4. The Morgan fingerprint density at radius 1 is 0.568 bits per heavy atom. The van der Waals surface area contributed by atoms with Gasteiger partial charge in [0.05, 0.1) is 0 Å². The van der Waals surface area contributed by atoms with Gasteiger partial charge in [-0.15, -0.1) is 6.92 Å². The quantitative estimate of drug-likeness (QED) is 0.177. The van der Waals surface area contributed by atoms with Crippen molar-refractivity contribution in [2.75, 3.05) is 0 Å². The first-order valence-electron chi connectivity index (χ1n) is 12.0. The first kappa shape index (κ1) is 35.9. The van der Waals surface area contributed by atoms with E-state index in [1.165, 1.54) is 60.1 Å². The van der Waals surface area contributed by atoms with Gasteiger partial charge in [-0.1, -0.05) is 114 Å². The Labute approximate surface area is 259 Å². The molecule has 0 saturated heterocycles. The standard InChI is InChI=1S/C32H37Si.3ClH.Ti/c1-21-11-10-12-29(15-21)33(30-16-22(2)13-23(3)17-30,31-18-24(4)14-25(5)19-31)32(9)20-26(6)27(7)28(32)8;;;;/h10-19H,1-9H3;3*1H;/q-1;;;;+4/p-3. The van der Waals surface area contributed by atoms with E-state index >= 15 is 0 Å². The van der Waals surface area contributed by atoms with Gasteiger partial charge in [-0.25, -0.2) is 5.57 Å². The van der Waals surface area contributed by atoms with Crippen LogP contribution in [0.3, 0.4) is 0 Å². The van der Waals surface area contributed by atoms with Gasteiger partial charge in [0.1, 0.15) is 8.07 Å². The van der Waals surface area contributed by atoms with Crippen molar-refractivity contribution in [2.24, 2.45) is 0 Å². The molecule has 1 atom stereocenters. The molecule has 3 aromatic rings. The molecule has 194 valence electrons. The van der Waals surface area contributed by atoms with Crippen molar-refractivity contribution in [1.82, 2.24) is 0 Å². The molecular formula is C32H37Cl3SiTi. The maximum atomic E-state index is 4.07. The second-order valence-electron chi connectivity index (χ2n) is 10.5. The third-order valence-corrected chi connectivity index (χ3v) is 13.3. The molecule has 1 unspecified atom stereocenters. The van der Waals surface area contributed by atoms with Gasteiger partial charge < -0.3 is 37.2 Å². The van der Waals surface area contributed by atoms with E-state index in [1.807, 2.05) is 0 Å². The predicted molar refractivity (Wildman–Crippen MR) is 147 cm³/mol. The Morgan fingerprint density at radius 3 is 1.32 bits per heavy atom. The number of hydrogen-bond donors (Lipinski definition) is 0. The summed E-state index contributed by atoms with van der Waals surface area (Å²) in [6, 6.07) is 23.8. The van der Waals surface area contributed by atoms with E-state index in [2.05, 4.69) is 129 Å². The zero-order valence-electron chi connectivity index (χ0n) is 23.4. The summed E-state index contributed by atoms with van der Waals surface area (Å²) in [5.74, 6) is 0. The minimum atomic E-state index is -2.61. The van der Waals surface area contributed by atoms with Crippen molar-refractivity contribution in [2.45, 2.75) is 67.4 Å². The fraction of sp³-hybridized carbons (Fsp3) is 0.312. The van der Waals surface area contributed by atoms with Crippen LogP contribution in [0.1, 0.15) is 55.5 Å². The van der Waals surface area contributed by atoms with Gasteiger partial charge in [0.2, 0.25) is 0 Å². The van der Waals surface area contributed by atoms with Crippen LogP contribution >= 0.6 is 0 Å². The molecule has 0 radical (unpaired) electrons. The molecule has 0 aliphatic heterocycles. The van der Waals surface area contributed by atoms with Crippen molar-refractivity contribution in [3.05, 3.63) is 111 Å². The Kier molecular flexibility index (Phi) is 13.0. The molecule has 3 aromatic carbocycles. The minimum Gasteiger partial charge on any atom is -1.00 e. The number of rotatable bonds is 4. The summed E-state index contributed by atoms with van der Waals surface area (Å²) in [5.41, 5.74) is 10.8. The summed E-state index contributed by atoms with van der Waals surface area (Å²) >= 11 is 0. The van der Waals surface area contributed by atoms with E-state index in [0.717, 1.165) is 0 Å². The van der Waals surface area contributed by atoms with Crippen LogP contribution in [0.2, 0.25) is 5.04 Å². The second-order valence-corrected chi connectivity index (χ2v) is 14.7. The van der Waals surface area contributed by atoms with Crippen molar-refractivity contribution in [3.63, 3.8) is 0 Å². The van der Waals surface area contributed by atoms with Gasteiger partial charge in [-0.2, -0.15) is 11.1 Å². The van der Waals surface area contributed by atoms with Crippen molar-refractivity contribution in [1.29, 1.82) is 0 Å². The molecule has 0 aromatic heterocycles. The molecule has 0 N–H and O–H groups in total. The molecule has 4 rings (SSSR count). The molecule has 0 nitrogen and oxygen atoms in total. The van der Waals surface area contributed by atoms with Crippen LogP contribution in [0.15, 0.2) is 77.4 Å². The van der Waals surface area contributed by atoms with Crippen LogP contribution in [-0.4, -0.2) is 8.07 Å². The SMILES string of the molecule is CC1=[C-]C(C)([Si](c2cccc(C)c2)(c2cc(C)cc(C)c2)c2cc(C)cc(C)c2)C(C)=C1C.[Cl-].[Cl-].[Cl-].[Ti+4]. The normalized spacial score (nSPS) is 16.6. The van der Waals surface area contributed by atoms with Crippen LogP contribution < -0.4 is 52.8 Å². The van der Waals surface area contributed by atoms with Crippen LogP contribution in [0.4, 0.5) is 0 Å². The summed E-state index contributed by atoms with van der Waals surface area (Å²) in [6.45, 7) is 20.5. The average molecular weight is 604 g/mol. The van der Waals surface area contributed by atoms with Crippen LogP contribution in [-0.2, 0) is 21.7 Å². The van der Waals surface area contributed by atoms with Gasteiger partial charge in [0, 0.05) is 0 Å². The van der Waals surface area contributed by atoms with Crippen LogP contribution in [0.5, 0.6) is 0 Å². The molecule has 0 amide bonds. The molecule has 0 heterocycles. The molecule has 37 heavy (non-hydrogen) atoms. The Morgan fingerprint density at radius 2 is 0.973 bits per heavy atom. The van der Waals surface area contributed by atoms with Crippen LogP contribution in [0.25, 0.3) is 0 Å². The van der Waals surface area contributed by atoms with Gasteiger partial charge in [0.15, 0.2) is 0 Å². The zero-order valence-corrected chi connectivity index (χ0v) is 28.2. The fourth-order valence-electron chi connectivity index (χ4n) is 6.22. The molecule has 0 fully saturated rings. The smallest absolute Gasteiger partial charge is 1.00 e. The van der Waals surface area contributed by atoms with E-state index in [1.54, 1.807) is 0 Å². The first-order chi connectivity index (χ1) is 15.5. The van der Waals surface area contributed by atoms with Gasteiger partial charge in [-0.3, -0.25) is 6.08 Å². The van der Waals surface area contributed by atoms with Crippen molar-refractivity contribution in [3.8, 4) is 0 Å². The third-order valence-electron chi connectivity index (χ3n) is 7.82. The monoisotopic (exact) mass is 602 g/mol. The van der Waals surface area contributed by atoms with Crippen molar-refractivity contribution < 1.29 is 58.9 Å². The Bertz CT molecular complexity index is 1230. The predicted octanol–water partition coefficient (Wildman–Crippen LogP) is -2.43. The van der Waals surface area contributed by atoms with Gasteiger partial charge >= 0.3 is 21.7 Å². The molecule has 1 aliphatic carbocycles. The summed E-state index contributed by atoms with van der Waals surface area (Å²) in [7, 11) is -2.61. The summed E-state index contributed by atoms with van der Waals surface area (Å²) in [6.07, 6.45) is 4.07. The van der Waals surface area contributed by atoms with Gasteiger partial charge in [-0.05, 0) is 50.2 Å². The number of halogens is 3. The topological polar surface area (TPSA) is 0 Å². The molecule has 0 bridgehead atoms. The third kappa shape index (κ3) is 6.08. The molecular weight excluding hydrogens is 567 g/mol. The van der Waals surface area contributed by atoms with Crippen molar-refractivity contribution >= 4 is 23.6 Å². The van der Waals surface area contributed by atoms with Crippen LogP contribution in [0, 0.1) is 40.7 Å². The summed E-state index contributed by atoms with van der Waals surface area (Å²) in [5, 5.41) is 4.24. The number of benzene rings is 3. The average Bonchev–Trinajstić information content (AvgIpc) is 2.90. The molecule has 1 aliphatic rings. The second kappa shape index (κ2) is 13.3. The first-order valence-corrected chi connectivity index (χ1v) is 14.0. The minimum absolute atomic E-state index is 0. The Balaban J connectivity index is 0.00000324. The van der Waals surface area contributed by atoms with Gasteiger partial charge in [0.25, 0.3) is 0 Å². The molecule has 0 saturated carbocycles. The summed E-state index contributed by atoms with van der Waals surface area (Å²) in [4.78, 5) is 0. The van der Waals surface area contributed by atoms with E-state index in [4.69, 9.17) is 0 Å². The zero-order chi connectivity index (χ0) is 24.1. The fourth-order valence-corrected chi connectivity index (χ4v) is 12.6. The molecule has 5 heteroatoms. The van der Waals surface area contributed by atoms with E-state index in [-0.39, 0.29) is 64.0 Å². The summed E-state index contributed by atoms with van der Waals surface area (Å²) < 4.78 is 0. The number of hydrogen-bond acceptors (Lipinski definition) is 0. The van der Waals surface area contributed by atoms with E-state index < -0.39 is 8.07 Å². The number of aryl methyl sites for hydroxylation is 5. The maximum absolute atomic E-state index is 4.07.